The third-order valence-electron chi connectivity index (χ3n) is 17.2. The highest BCUT2D eigenvalue weighted by molar-refractivity contribution is 6.91. The van der Waals surface area contributed by atoms with Crippen molar-refractivity contribution >= 4 is 27.2 Å². The Morgan fingerprint density at radius 3 is 0.947 bits per heavy atom. The molecule has 0 aliphatic rings. The highest BCUT2D eigenvalue weighted by Gasteiger charge is 2.43. The summed E-state index contributed by atoms with van der Waals surface area (Å²) in [6.45, 7) is 33.4. The molecule has 0 bridgehead atoms. The number of hydrogen-bond donors (Lipinski definition) is 0. The predicted molar refractivity (Wildman–Crippen MR) is 333 cm³/mol. The molecule has 0 amide bonds. The third kappa shape index (κ3) is 13.0. The summed E-state index contributed by atoms with van der Waals surface area (Å²) >= 11 is 0. The van der Waals surface area contributed by atoms with Crippen LogP contribution >= 0.6 is 0 Å². The van der Waals surface area contributed by atoms with Gasteiger partial charge in [-0.05, 0) is 130 Å². The lowest BCUT2D eigenvalue weighted by molar-refractivity contribution is 0.607. The number of hydrogen-bond acceptors (Lipinski definition) is 2. The minimum absolute atomic E-state index is 0.429. The highest BCUT2D eigenvalue weighted by atomic mass is 28.3. The summed E-state index contributed by atoms with van der Waals surface area (Å²) in [4.78, 5) is 0. The van der Waals surface area contributed by atoms with Crippen molar-refractivity contribution in [1.82, 2.24) is 9.13 Å². The molecular weight excluding hydrogens is 953 g/mol. The predicted octanol–water partition coefficient (Wildman–Crippen LogP) is 20.4. The van der Waals surface area contributed by atoms with Crippen LogP contribution in [0.5, 0.6) is 0 Å². The summed E-state index contributed by atoms with van der Waals surface area (Å²) in [7, 11) is -4.60. The fraction of sp³-hybridized carbons (Fsp3) is 0.486. The van der Waals surface area contributed by atoms with Crippen LogP contribution in [0.3, 0.4) is 0 Å². The van der Waals surface area contributed by atoms with Crippen LogP contribution in [0.15, 0.2) is 97.1 Å². The molecule has 6 aromatic rings. The number of unbranched alkanes of at least 4 members (excludes halogenated alkanes) is 10. The van der Waals surface area contributed by atoms with Gasteiger partial charge in [-0.3, -0.25) is 0 Å². The normalized spacial score (nSPS) is 12.0. The van der Waals surface area contributed by atoms with Crippen LogP contribution in [0.2, 0.25) is 33.2 Å². The quantitative estimate of drug-likeness (QED) is 0.0345. The number of benzene rings is 4. The summed E-state index contributed by atoms with van der Waals surface area (Å²) in [6, 6.07) is 39.8. The molecule has 0 unspecified atom stereocenters. The molecular formula is C70H92N4Si2. The van der Waals surface area contributed by atoms with Gasteiger partial charge >= 0.3 is 0 Å². The molecule has 2 heterocycles. The second kappa shape index (κ2) is 27.5. The lowest BCUT2D eigenvalue weighted by Crippen LogP contribution is -2.43. The van der Waals surface area contributed by atoms with Gasteiger partial charge in [-0.1, -0.05) is 222 Å². The van der Waals surface area contributed by atoms with Crippen LogP contribution < -0.4 is 0 Å². The first-order valence-electron chi connectivity index (χ1n) is 29.6. The molecule has 0 fully saturated rings. The van der Waals surface area contributed by atoms with Gasteiger partial charge in [0.2, 0.25) is 0 Å². The van der Waals surface area contributed by atoms with Gasteiger partial charge in [0.05, 0.1) is 56.8 Å². The van der Waals surface area contributed by atoms with Crippen molar-refractivity contribution < 1.29 is 0 Å². The minimum atomic E-state index is -2.30. The van der Waals surface area contributed by atoms with E-state index in [1.54, 1.807) is 0 Å². The zero-order valence-electron chi connectivity index (χ0n) is 49.4. The van der Waals surface area contributed by atoms with Crippen molar-refractivity contribution in [3.8, 4) is 69.0 Å². The fourth-order valence-electron chi connectivity index (χ4n) is 13.1. The fourth-order valence-corrected chi connectivity index (χ4v) is 23.5. The molecule has 400 valence electrons. The Hall–Kier alpha value is -5.77. The Morgan fingerprint density at radius 1 is 0.382 bits per heavy atom. The van der Waals surface area contributed by atoms with E-state index < -0.39 is 16.1 Å². The maximum absolute atomic E-state index is 10.2. The lowest BCUT2D eigenvalue weighted by atomic mass is 10.0. The monoisotopic (exact) mass is 1040 g/mol. The van der Waals surface area contributed by atoms with Gasteiger partial charge in [0.25, 0.3) is 0 Å². The summed E-state index contributed by atoms with van der Waals surface area (Å²) in [5.74, 6) is 8.30. The molecule has 6 rings (SSSR count). The Kier molecular flexibility index (Phi) is 21.5. The average molecular weight is 1050 g/mol. The molecule has 2 aromatic heterocycles. The zero-order chi connectivity index (χ0) is 55.2. The van der Waals surface area contributed by atoms with Gasteiger partial charge in [-0.15, -0.1) is 11.1 Å². The second-order valence-electron chi connectivity index (χ2n) is 23.9. The van der Waals surface area contributed by atoms with Crippen LogP contribution in [0, 0.1) is 45.6 Å². The molecule has 0 N–H and O–H groups in total. The zero-order valence-corrected chi connectivity index (χ0v) is 51.4. The number of rotatable bonds is 24. The Balaban J connectivity index is 1.86. The first-order chi connectivity index (χ1) is 36.5. The third-order valence-corrected chi connectivity index (χ3v) is 29.8. The molecule has 4 nitrogen and oxygen atoms in total. The summed E-state index contributed by atoms with van der Waals surface area (Å²) in [5, 5.41) is 20.3. The van der Waals surface area contributed by atoms with E-state index >= 15 is 0 Å². The van der Waals surface area contributed by atoms with Crippen LogP contribution in [-0.2, 0) is 12.8 Å². The van der Waals surface area contributed by atoms with Gasteiger partial charge < -0.3 is 9.13 Å². The van der Waals surface area contributed by atoms with E-state index in [0.29, 0.717) is 44.4 Å². The second-order valence-corrected chi connectivity index (χ2v) is 35.0. The number of nitrogens with zero attached hydrogens (tertiary/aromatic N) is 4. The molecule has 0 aliphatic carbocycles. The van der Waals surface area contributed by atoms with Crippen molar-refractivity contribution in [2.45, 2.75) is 220 Å². The van der Waals surface area contributed by atoms with Crippen molar-refractivity contribution in [2.75, 3.05) is 0 Å². The molecule has 4 aromatic carbocycles. The van der Waals surface area contributed by atoms with Crippen molar-refractivity contribution in [2.24, 2.45) is 0 Å². The van der Waals surface area contributed by atoms with Gasteiger partial charge in [0, 0.05) is 11.4 Å². The SMILES string of the molecule is CCCCCCCCc1ccc(-n2c(-c3ccc(C#N)cc3)c(C#C[Si](C(C)C)(C(C)C)C(C)C)c3c2c(C#C[Si](C(C)C)(C(C)C)C(C)C)c(-c2ccc(C#N)cc2)n3-c2ccc(CCCCCCCC)cc2)cc1. The summed E-state index contributed by atoms with van der Waals surface area (Å²) < 4.78 is 4.98. The average Bonchev–Trinajstić information content (AvgIpc) is 4.02. The van der Waals surface area contributed by atoms with Crippen LogP contribution in [0.4, 0.5) is 0 Å². The van der Waals surface area contributed by atoms with E-state index in [4.69, 9.17) is 0 Å². The molecule has 0 spiro atoms. The number of nitriles is 2. The first kappa shape index (κ1) is 59.5. The molecule has 6 heteroatoms. The smallest absolute Gasteiger partial charge is 0.146 e. The van der Waals surface area contributed by atoms with Crippen molar-refractivity contribution in [3.63, 3.8) is 0 Å². The van der Waals surface area contributed by atoms with E-state index in [9.17, 15) is 10.5 Å². The van der Waals surface area contributed by atoms with Crippen molar-refractivity contribution in [3.05, 3.63) is 130 Å². The maximum Gasteiger partial charge on any atom is 0.146 e. The topological polar surface area (TPSA) is 57.4 Å². The molecule has 0 atom stereocenters. The van der Waals surface area contributed by atoms with Crippen molar-refractivity contribution in [1.29, 1.82) is 10.5 Å². The maximum atomic E-state index is 10.2. The van der Waals surface area contributed by atoms with Crippen LogP contribution in [0.25, 0.3) is 44.9 Å². The molecule has 0 saturated heterocycles. The number of aromatic nitrogens is 2. The van der Waals surface area contributed by atoms with E-state index in [2.05, 4.69) is 214 Å². The standard InChI is InChI=1S/C70H92N4Si2/c1-15-17-19-21-23-25-27-57-33-41-63(42-34-57)73-67(61-37-29-59(49-71)30-38-61)65(45-47-75(51(3)4,52(5)6)53(7)8)70-69(73)66(46-48-76(54(9)10,55(11)12)56(13)14)68(62-39-31-60(50-72)32-40-62)74(70)64-43-35-58(36-44-64)28-26-24-22-20-18-16-2/h29-44,51-56H,15-28H2,1-14H3. The van der Waals surface area contributed by atoms with Gasteiger partial charge in [-0.2, -0.15) is 10.5 Å². The molecule has 0 radical (unpaired) electrons. The number of aryl methyl sites for hydroxylation is 2. The number of fused-ring (bicyclic) bond motifs is 1. The molecule has 0 aliphatic heterocycles. The highest BCUT2D eigenvalue weighted by Crippen LogP contribution is 2.47. The Morgan fingerprint density at radius 2 is 0.671 bits per heavy atom. The van der Waals surface area contributed by atoms with Crippen LogP contribution in [-0.4, -0.2) is 25.3 Å². The van der Waals surface area contributed by atoms with Gasteiger partial charge in [0.1, 0.15) is 16.1 Å². The molecule has 76 heavy (non-hydrogen) atoms. The lowest BCUT2D eigenvalue weighted by Gasteiger charge is -2.38. The van der Waals surface area contributed by atoms with E-state index in [-0.39, 0.29) is 0 Å². The van der Waals surface area contributed by atoms with E-state index in [1.807, 2.05) is 24.3 Å². The Bertz CT molecular complexity index is 2780. The summed E-state index contributed by atoms with van der Waals surface area (Å²) in [5.41, 5.74) is 25.2. The van der Waals surface area contributed by atoms with Crippen LogP contribution in [0.1, 0.15) is 207 Å². The largest absolute Gasteiger partial charge is 0.305 e. The van der Waals surface area contributed by atoms with E-state index in [1.165, 1.54) is 88.2 Å². The Labute approximate surface area is 463 Å². The van der Waals surface area contributed by atoms with Gasteiger partial charge in [0.15, 0.2) is 0 Å². The van der Waals surface area contributed by atoms with Gasteiger partial charge in [-0.25, -0.2) is 0 Å². The first-order valence-corrected chi connectivity index (χ1v) is 34.1. The molecule has 0 saturated carbocycles. The summed E-state index contributed by atoms with van der Waals surface area (Å²) in [6.07, 6.45) is 17.3. The van der Waals surface area contributed by atoms with E-state index in [0.717, 1.165) is 68.9 Å². The minimum Gasteiger partial charge on any atom is -0.305 e.